The van der Waals surface area contributed by atoms with E-state index in [1.165, 1.54) is 18.4 Å². The Morgan fingerprint density at radius 3 is 2.92 bits per heavy atom. The van der Waals surface area contributed by atoms with Gasteiger partial charge in [-0.05, 0) is 37.3 Å². The van der Waals surface area contributed by atoms with Gasteiger partial charge in [-0.15, -0.1) is 0 Å². The summed E-state index contributed by atoms with van der Waals surface area (Å²) in [5.74, 6) is -0.351. The van der Waals surface area contributed by atoms with E-state index in [1.807, 2.05) is 25.1 Å². The fraction of sp³-hybridized carbons (Fsp3) is 0.167. The van der Waals surface area contributed by atoms with E-state index in [-0.39, 0.29) is 35.7 Å². The second kappa shape index (κ2) is 7.97. The van der Waals surface area contributed by atoms with Gasteiger partial charge in [0.05, 0.1) is 17.3 Å². The number of amides is 1. The number of hydrogen-bond donors (Lipinski definition) is 1. The second-order valence-electron chi connectivity index (χ2n) is 5.44. The van der Waals surface area contributed by atoms with Crippen molar-refractivity contribution in [3.63, 3.8) is 0 Å². The lowest BCUT2D eigenvalue weighted by atomic mass is 10.3. The van der Waals surface area contributed by atoms with Crippen LogP contribution in [0.5, 0.6) is 5.75 Å². The molecule has 0 unspecified atom stereocenters. The number of nitrogens with zero attached hydrogens (tertiary/aromatic N) is 2. The highest BCUT2D eigenvalue weighted by Crippen LogP contribution is 2.25. The minimum absolute atomic E-state index is 0.0436. The van der Waals surface area contributed by atoms with Crippen molar-refractivity contribution in [3.8, 4) is 5.75 Å². The summed E-state index contributed by atoms with van der Waals surface area (Å²) >= 11 is 5.88. The van der Waals surface area contributed by atoms with Gasteiger partial charge in [0.2, 0.25) is 5.89 Å². The lowest BCUT2D eigenvalue weighted by molar-refractivity contribution is 0.0945. The lowest BCUT2D eigenvalue weighted by Crippen LogP contribution is -2.23. The van der Waals surface area contributed by atoms with Gasteiger partial charge >= 0.3 is 0 Å². The molecule has 0 bridgehead atoms. The minimum atomic E-state index is -0.458. The van der Waals surface area contributed by atoms with Crippen molar-refractivity contribution in [1.29, 1.82) is 0 Å². The average Bonchev–Trinajstić information content (AvgIpc) is 3.08. The molecule has 0 radical (unpaired) electrons. The van der Waals surface area contributed by atoms with Crippen LogP contribution in [0.2, 0.25) is 5.02 Å². The zero-order valence-electron chi connectivity index (χ0n) is 13.8. The predicted octanol–water partition coefficient (Wildman–Crippen LogP) is 3.68. The van der Waals surface area contributed by atoms with Crippen molar-refractivity contribution >= 4 is 17.5 Å². The van der Waals surface area contributed by atoms with E-state index in [0.29, 0.717) is 5.75 Å². The van der Waals surface area contributed by atoms with Crippen molar-refractivity contribution in [3.05, 3.63) is 76.5 Å². The summed E-state index contributed by atoms with van der Waals surface area (Å²) in [5.41, 5.74) is 1.75. The Labute approximate surface area is 154 Å². The molecule has 0 atom stereocenters. The Hall–Kier alpha value is -2.93. The molecule has 0 aliphatic heterocycles. The fourth-order valence-corrected chi connectivity index (χ4v) is 2.39. The molecule has 0 saturated heterocycles. The first kappa shape index (κ1) is 17.9. The molecule has 2 aromatic heterocycles. The van der Waals surface area contributed by atoms with Gasteiger partial charge in [0.25, 0.3) is 5.91 Å². The first-order valence-electron chi connectivity index (χ1n) is 7.74. The molecule has 6 nitrogen and oxygen atoms in total. The van der Waals surface area contributed by atoms with Crippen LogP contribution in [0.1, 0.15) is 27.8 Å². The van der Waals surface area contributed by atoms with E-state index in [0.717, 1.165) is 17.5 Å². The van der Waals surface area contributed by atoms with Gasteiger partial charge in [0, 0.05) is 5.69 Å². The van der Waals surface area contributed by atoms with Crippen molar-refractivity contribution in [2.75, 3.05) is 0 Å². The molecule has 1 N–H and O–H groups in total. The molecule has 1 aromatic carbocycles. The van der Waals surface area contributed by atoms with Crippen molar-refractivity contribution in [2.45, 2.75) is 20.1 Å². The molecule has 1 amide bonds. The number of aryl methyl sites for hydroxylation is 1. The predicted molar refractivity (Wildman–Crippen MR) is 92.4 cm³/mol. The second-order valence-corrected chi connectivity index (χ2v) is 5.85. The maximum Gasteiger partial charge on any atom is 0.273 e. The molecule has 0 saturated carbocycles. The van der Waals surface area contributed by atoms with E-state index < -0.39 is 5.82 Å². The van der Waals surface area contributed by atoms with Gasteiger partial charge in [-0.1, -0.05) is 17.7 Å². The fourth-order valence-electron chi connectivity index (χ4n) is 2.17. The average molecular weight is 376 g/mol. The zero-order chi connectivity index (χ0) is 18.5. The number of pyridine rings is 1. The van der Waals surface area contributed by atoms with E-state index in [4.69, 9.17) is 20.8 Å². The van der Waals surface area contributed by atoms with Crippen LogP contribution in [0.4, 0.5) is 4.39 Å². The monoisotopic (exact) mass is 375 g/mol. The first-order valence-corrected chi connectivity index (χ1v) is 8.12. The summed E-state index contributed by atoms with van der Waals surface area (Å²) in [6.07, 6.45) is 1.24. The third kappa shape index (κ3) is 4.58. The van der Waals surface area contributed by atoms with Gasteiger partial charge in [0.15, 0.2) is 12.3 Å². The number of nitrogens with one attached hydrogen (secondary N) is 1. The highest BCUT2D eigenvalue weighted by atomic mass is 35.5. The molecule has 26 heavy (non-hydrogen) atoms. The molecular formula is C18H15ClFN3O3. The molecule has 0 aliphatic rings. The van der Waals surface area contributed by atoms with E-state index in [9.17, 15) is 9.18 Å². The number of rotatable bonds is 6. The van der Waals surface area contributed by atoms with Gasteiger partial charge < -0.3 is 14.5 Å². The lowest BCUT2D eigenvalue weighted by Gasteiger charge is -2.05. The van der Waals surface area contributed by atoms with Gasteiger partial charge in [0.1, 0.15) is 17.8 Å². The summed E-state index contributed by atoms with van der Waals surface area (Å²) in [5, 5.41) is 2.86. The number of aromatic nitrogens is 2. The SMILES string of the molecule is Cc1cccc(CNC(=O)c2coc(COc3ccc(F)cc3Cl)n2)n1. The molecule has 2 heterocycles. The Balaban J connectivity index is 1.56. The molecular weight excluding hydrogens is 361 g/mol. The number of oxazole rings is 1. The van der Waals surface area contributed by atoms with Crippen LogP contribution in [-0.4, -0.2) is 15.9 Å². The summed E-state index contributed by atoms with van der Waals surface area (Å²) in [4.78, 5) is 20.5. The van der Waals surface area contributed by atoms with Crippen LogP contribution in [0.3, 0.4) is 0 Å². The van der Waals surface area contributed by atoms with Crippen LogP contribution in [0.15, 0.2) is 47.1 Å². The Kier molecular flexibility index (Phi) is 5.48. The largest absolute Gasteiger partial charge is 0.482 e. The van der Waals surface area contributed by atoms with Gasteiger partial charge in [-0.2, -0.15) is 0 Å². The van der Waals surface area contributed by atoms with Crippen LogP contribution >= 0.6 is 11.6 Å². The molecule has 3 rings (SSSR count). The number of carbonyl (C=O) groups excluding carboxylic acids is 1. The highest BCUT2D eigenvalue weighted by Gasteiger charge is 2.13. The summed E-state index contributed by atoms with van der Waals surface area (Å²) in [6.45, 7) is 2.12. The van der Waals surface area contributed by atoms with E-state index in [1.54, 1.807) is 0 Å². The smallest absolute Gasteiger partial charge is 0.273 e. The summed E-state index contributed by atoms with van der Waals surface area (Å²) in [6, 6.07) is 9.35. The number of hydrogen-bond acceptors (Lipinski definition) is 5. The van der Waals surface area contributed by atoms with E-state index in [2.05, 4.69) is 15.3 Å². The van der Waals surface area contributed by atoms with Crippen LogP contribution in [0, 0.1) is 12.7 Å². The van der Waals surface area contributed by atoms with Crippen molar-refractivity contribution in [2.24, 2.45) is 0 Å². The first-order chi connectivity index (χ1) is 12.5. The molecule has 3 aromatic rings. The number of halogens is 2. The number of benzene rings is 1. The zero-order valence-corrected chi connectivity index (χ0v) is 14.6. The molecule has 0 spiro atoms. The molecule has 8 heteroatoms. The quantitative estimate of drug-likeness (QED) is 0.711. The molecule has 0 aliphatic carbocycles. The summed E-state index contributed by atoms with van der Waals surface area (Å²) < 4.78 is 23.6. The summed E-state index contributed by atoms with van der Waals surface area (Å²) in [7, 11) is 0. The Bertz CT molecular complexity index is 930. The van der Waals surface area contributed by atoms with Crippen molar-refractivity contribution < 1.29 is 18.3 Å². The Morgan fingerprint density at radius 2 is 2.15 bits per heavy atom. The number of ether oxygens (including phenoxy) is 1. The van der Waals surface area contributed by atoms with Crippen LogP contribution < -0.4 is 10.1 Å². The van der Waals surface area contributed by atoms with Crippen molar-refractivity contribution in [1.82, 2.24) is 15.3 Å². The minimum Gasteiger partial charge on any atom is -0.482 e. The maximum absolute atomic E-state index is 13.0. The number of carbonyl (C=O) groups is 1. The topological polar surface area (TPSA) is 77.2 Å². The van der Waals surface area contributed by atoms with Crippen LogP contribution in [-0.2, 0) is 13.2 Å². The third-order valence-corrected chi connectivity index (χ3v) is 3.70. The molecule has 0 fully saturated rings. The van der Waals surface area contributed by atoms with Gasteiger partial charge in [-0.3, -0.25) is 9.78 Å². The normalized spacial score (nSPS) is 10.6. The highest BCUT2D eigenvalue weighted by molar-refractivity contribution is 6.32. The molecule has 134 valence electrons. The van der Waals surface area contributed by atoms with Gasteiger partial charge in [-0.25, -0.2) is 9.37 Å². The standard InChI is InChI=1S/C18H15ClFN3O3/c1-11-3-2-4-13(22-11)8-21-18(24)15-9-26-17(23-15)10-25-16-6-5-12(20)7-14(16)19/h2-7,9H,8,10H2,1H3,(H,21,24). The maximum atomic E-state index is 13.0. The Morgan fingerprint density at radius 1 is 1.31 bits per heavy atom. The van der Waals surface area contributed by atoms with Crippen LogP contribution in [0.25, 0.3) is 0 Å². The van der Waals surface area contributed by atoms with E-state index >= 15 is 0 Å². The third-order valence-electron chi connectivity index (χ3n) is 3.41.